The number of nitrogens with one attached hydrogen (secondary N) is 1. The first kappa shape index (κ1) is 13.5. The lowest BCUT2D eigenvalue weighted by Gasteiger charge is -2.08. The highest BCUT2D eigenvalue weighted by Crippen LogP contribution is 2.25. The van der Waals surface area contributed by atoms with Gasteiger partial charge < -0.3 is 10.1 Å². The molecule has 0 bridgehead atoms. The molecule has 0 aliphatic heterocycles. The van der Waals surface area contributed by atoms with E-state index in [1.807, 2.05) is 0 Å². The number of pyridine rings is 1. The van der Waals surface area contributed by atoms with E-state index >= 15 is 0 Å². The summed E-state index contributed by atoms with van der Waals surface area (Å²) >= 11 is 3.30. The Balaban J connectivity index is 2.24. The summed E-state index contributed by atoms with van der Waals surface area (Å²) in [7, 11) is 1.52. The number of carbonyl (C=O) groups excluding carboxylic acids is 1. The van der Waals surface area contributed by atoms with Gasteiger partial charge in [-0.2, -0.15) is 0 Å². The molecule has 1 aromatic heterocycles. The van der Waals surface area contributed by atoms with Crippen molar-refractivity contribution in [3.05, 3.63) is 52.5 Å². The predicted octanol–water partition coefficient (Wildman–Crippen LogP) is 3.24. The summed E-state index contributed by atoms with van der Waals surface area (Å²) in [5, 5.41) is 2.60. The van der Waals surface area contributed by atoms with Gasteiger partial charge in [-0.1, -0.05) is 15.9 Å². The predicted molar refractivity (Wildman–Crippen MR) is 72.8 cm³/mol. The van der Waals surface area contributed by atoms with Crippen molar-refractivity contribution in [1.82, 2.24) is 4.98 Å². The molecule has 4 nitrogen and oxygen atoms in total. The molecule has 1 heterocycles. The molecular weight excluding hydrogens is 315 g/mol. The Morgan fingerprint density at radius 1 is 1.42 bits per heavy atom. The van der Waals surface area contributed by atoms with Crippen molar-refractivity contribution in [2.45, 2.75) is 0 Å². The first-order valence-corrected chi connectivity index (χ1v) is 6.15. The minimum absolute atomic E-state index is 0.0612. The Morgan fingerprint density at radius 3 is 2.89 bits per heavy atom. The van der Waals surface area contributed by atoms with Gasteiger partial charge in [0.2, 0.25) is 0 Å². The highest BCUT2D eigenvalue weighted by molar-refractivity contribution is 9.10. The third kappa shape index (κ3) is 3.29. The highest BCUT2D eigenvalue weighted by Gasteiger charge is 2.12. The van der Waals surface area contributed by atoms with Crippen LogP contribution in [0, 0.1) is 5.82 Å². The number of ether oxygens (including phenoxy) is 1. The van der Waals surface area contributed by atoms with Crippen LogP contribution >= 0.6 is 15.9 Å². The van der Waals surface area contributed by atoms with Crippen molar-refractivity contribution >= 4 is 27.5 Å². The van der Waals surface area contributed by atoms with E-state index in [0.717, 1.165) is 10.7 Å². The zero-order chi connectivity index (χ0) is 13.8. The van der Waals surface area contributed by atoms with Gasteiger partial charge in [0.25, 0.3) is 5.91 Å². The Morgan fingerprint density at radius 2 is 2.21 bits per heavy atom. The van der Waals surface area contributed by atoms with Gasteiger partial charge in [-0.3, -0.25) is 9.78 Å². The van der Waals surface area contributed by atoms with Gasteiger partial charge in [0.15, 0.2) is 5.82 Å². The standard InChI is InChI=1S/C13H10BrFN2O2/c1-19-10-5-8(14)4-9(6-10)17-13(18)11-2-3-16-7-12(11)15/h2-7H,1H3,(H,17,18). The van der Waals surface area contributed by atoms with E-state index < -0.39 is 11.7 Å². The van der Waals surface area contributed by atoms with Gasteiger partial charge in [-0.15, -0.1) is 0 Å². The van der Waals surface area contributed by atoms with E-state index in [9.17, 15) is 9.18 Å². The van der Waals surface area contributed by atoms with Crippen molar-refractivity contribution < 1.29 is 13.9 Å². The fourth-order valence-electron chi connectivity index (χ4n) is 1.51. The van der Waals surface area contributed by atoms with E-state index in [0.29, 0.717) is 11.4 Å². The molecule has 0 atom stereocenters. The molecular formula is C13H10BrFN2O2. The molecule has 1 N–H and O–H groups in total. The molecule has 0 aliphatic rings. The average Bonchev–Trinajstić information content (AvgIpc) is 2.38. The number of hydrogen-bond donors (Lipinski definition) is 1. The maximum atomic E-state index is 13.4. The van der Waals surface area contributed by atoms with E-state index in [4.69, 9.17) is 4.74 Å². The van der Waals surface area contributed by atoms with Crippen molar-refractivity contribution in [2.24, 2.45) is 0 Å². The number of methoxy groups -OCH3 is 1. The van der Waals surface area contributed by atoms with Gasteiger partial charge in [-0.05, 0) is 18.2 Å². The second-order valence-electron chi connectivity index (χ2n) is 3.69. The molecule has 0 aliphatic carbocycles. The normalized spacial score (nSPS) is 10.1. The average molecular weight is 325 g/mol. The van der Waals surface area contributed by atoms with Crippen LogP contribution < -0.4 is 10.1 Å². The number of rotatable bonds is 3. The van der Waals surface area contributed by atoms with Crippen LogP contribution in [-0.4, -0.2) is 18.0 Å². The fourth-order valence-corrected chi connectivity index (χ4v) is 1.98. The number of amides is 1. The lowest BCUT2D eigenvalue weighted by molar-refractivity contribution is 0.102. The maximum absolute atomic E-state index is 13.4. The second-order valence-corrected chi connectivity index (χ2v) is 4.61. The van der Waals surface area contributed by atoms with Crippen LogP contribution in [0.4, 0.5) is 10.1 Å². The van der Waals surface area contributed by atoms with Crippen LogP contribution in [-0.2, 0) is 0 Å². The molecule has 0 fully saturated rings. The van der Waals surface area contributed by atoms with Crippen molar-refractivity contribution in [2.75, 3.05) is 12.4 Å². The van der Waals surface area contributed by atoms with Crippen molar-refractivity contribution in [3.63, 3.8) is 0 Å². The van der Waals surface area contributed by atoms with Gasteiger partial charge in [0, 0.05) is 22.4 Å². The zero-order valence-corrected chi connectivity index (χ0v) is 11.6. The minimum Gasteiger partial charge on any atom is -0.497 e. The van der Waals surface area contributed by atoms with E-state index in [1.165, 1.54) is 19.4 Å². The summed E-state index contributed by atoms with van der Waals surface area (Å²) in [5.74, 6) is -0.623. The molecule has 0 spiro atoms. The summed E-state index contributed by atoms with van der Waals surface area (Å²) in [6.45, 7) is 0. The van der Waals surface area contributed by atoms with Gasteiger partial charge in [-0.25, -0.2) is 4.39 Å². The van der Waals surface area contributed by atoms with E-state index in [-0.39, 0.29) is 5.56 Å². The van der Waals surface area contributed by atoms with E-state index in [1.54, 1.807) is 18.2 Å². The molecule has 6 heteroatoms. The summed E-state index contributed by atoms with van der Waals surface area (Å²) in [5.41, 5.74) is 0.446. The second kappa shape index (κ2) is 5.79. The number of carbonyl (C=O) groups is 1. The van der Waals surface area contributed by atoms with Gasteiger partial charge in [0.05, 0.1) is 18.9 Å². The molecule has 0 unspecified atom stereocenters. The smallest absolute Gasteiger partial charge is 0.258 e. The SMILES string of the molecule is COc1cc(Br)cc(NC(=O)c2ccncc2F)c1. The van der Waals surface area contributed by atoms with Crippen molar-refractivity contribution in [3.8, 4) is 5.75 Å². The highest BCUT2D eigenvalue weighted by atomic mass is 79.9. The summed E-state index contributed by atoms with van der Waals surface area (Å²) in [6, 6.07) is 6.41. The monoisotopic (exact) mass is 324 g/mol. The molecule has 0 saturated carbocycles. The fraction of sp³-hybridized carbons (Fsp3) is 0.0769. The number of aromatic nitrogens is 1. The third-order valence-electron chi connectivity index (χ3n) is 2.38. The Bertz CT molecular complexity index is 619. The molecule has 2 rings (SSSR count). The summed E-state index contributed by atoms with van der Waals surface area (Å²) < 4.78 is 19.2. The van der Waals surface area contributed by atoms with E-state index in [2.05, 4.69) is 26.2 Å². The number of halogens is 2. The third-order valence-corrected chi connectivity index (χ3v) is 2.84. The van der Waals surface area contributed by atoms with Crippen LogP contribution in [0.15, 0.2) is 41.1 Å². The Kier molecular flexibility index (Phi) is 4.11. The van der Waals surface area contributed by atoms with Crippen LogP contribution in [0.2, 0.25) is 0 Å². The Labute approximate surface area is 117 Å². The summed E-state index contributed by atoms with van der Waals surface area (Å²) in [6.07, 6.45) is 2.36. The topological polar surface area (TPSA) is 51.2 Å². The van der Waals surface area contributed by atoms with Crippen LogP contribution in [0.3, 0.4) is 0 Å². The molecule has 19 heavy (non-hydrogen) atoms. The first-order valence-electron chi connectivity index (χ1n) is 5.35. The first-order chi connectivity index (χ1) is 9.10. The molecule has 2 aromatic rings. The summed E-state index contributed by atoms with van der Waals surface area (Å²) in [4.78, 5) is 15.5. The maximum Gasteiger partial charge on any atom is 0.258 e. The Hall–Kier alpha value is -1.95. The molecule has 98 valence electrons. The van der Waals surface area contributed by atoms with Crippen LogP contribution in [0.25, 0.3) is 0 Å². The molecule has 1 amide bonds. The molecule has 1 aromatic carbocycles. The zero-order valence-electron chi connectivity index (χ0n) is 9.98. The quantitative estimate of drug-likeness (QED) is 0.942. The minimum atomic E-state index is -0.665. The molecule has 0 saturated heterocycles. The number of benzene rings is 1. The molecule has 0 radical (unpaired) electrons. The lowest BCUT2D eigenvalue weighted by atomic mass is 10.2. The number of anilines is 1. The lowest BCUT2D eigenvalue weighted by Crippen LogP contribution is -2.14. The van der Waals surface area contributed by atoms with Gasteiger partial charge in [0.1, 0.15) is 5.75 Å². The largest absolute Gasteiger partial charge is 0.497 e. The number of nitrogens with zero attached hydrogens (tertiary/aromatic N) is 1. The number of hydrogen-bond acceptors (Lipinski definition) is 3. The van der Waals surface area contributed by atoms with Crippen LogP contribution in [0.1, 0.15) is 10.4 Å². The van der Waals surface area contributed by atoms with Crippen molar-refractivity contribution in [1.29, 1.82) is 0 Å². The van der Waals surface area contributed by atoms with Gasteiger partial charge >= 0.3 is 0 Å². The van der Waals surface area contributed by atoms with Crippen LogP contribution in [0.5, 0.6) is 5.75 Å².